The van der Waals surface area contributed by atoms with Crippen molar-refractivity contribution in [1.29, 1.82) is 0 Å². The number of methoxy groups -OCH3 is 1. The number of halogens is 2. The number of nitrogens with one attached hydrogen (secondary N) is 1. The second-order valence-corrected chi connectivity index (χ2v) is 7.45. The number of carbonyl (C=O) groups is 1. The van der Waals surface area contributed by atoms with Gasteiger partial charge in [0.25, 0.3) is 5.91 Å². The fourth-order valence-electron chi connectivity index (χ4n) is 3.27. The molecule has 0 bridgehead atoms. The number of benzene rings is 3. The maximum atomic E-state index is 13.9. The molecule has 0 saturated heterocycles. The van der Waals surface area contributed by atoms with Crippen LogP contribution in [-0.4, -0.2) is 41.0 Å². The Morgan fingerprint density at radius 3 is 2.62 bits per heavy atom. The topological polar surface area (TPSA) is 78.3 Å². The third-order valence-electron chi connectivity index (χ3n) is 4.96. The van der Waals surface area contributed by atoms with Crippen molar-refractivity contribution >= 4 is 11.6 Å². The SMILES string of the molecule is COCCOc1nc(-c2cccc(F)c2)n(-c2cccc(NC(=O)c3ccc(F)c(C)c3)c2)n1. The maximum absolute atomic E-state index is 13.9. The minimum absolute atomic E-state index is 0.104. The van der Waals surface area contributed by atoms with Crippen molar-refractivity contribution in [3.63, 3.8) is 0 Å². The van der Waals surface area contributed by atoms with Crippen LogP contribution in [0.4, 0.5) is 14.5 Å². The van der Waals surface area contributed by atoms with Crippen molar-refractivity contribution in [2.24, 2.45) is 0 Å². The minimum Gasteiger partial charge on any atom is -0.460 e. The molecular weight excluding hydrogens is 442 g/mol. The van der Waals surface area contributed by atoms with E-state index >= 15 is 0 Å². The Morgan fingerprint density at radius 2 is 1.85 bits per heavy atom. The number of amides is 1. The van der Waals surface area contributed by atoms with Crippen LogP contribution in [0.5, 0.6) is 6.01 Å². The highest BCUT2D eigenvalue weighted by atomic mass is 19.1. The van der Waals surface area contributed by atoms with Gasteiger partial charge >= 0.3 is 6.01 Å². The van der Waals surface area contributed by atoms with Gasteiger partial charge in [0.1, 0.15) is 18.2 Å². The average Bonchev–Trinajstić information content (AvgIpc) is 3.25. The minimum atomic E-state index is -0.412. The van der Waals surface area contributed by atoms with Crippen LogP contribution in [-0.2, 0) is 4.74 Å². The molecule has 1 aromatic heterocycles. The number of anilines is 1. The molecule has 34 heavy (non-hydrogen) atoms. The van der Waals surface area contributed by atoms with Crippen LogP contribution < -0.4 is 10.1 Å². The van der Waals surface area contributed by atoms with Crippen LogP contribution in [0.1, 0.15) is 15.9 Å². The summed E-state index contributed by atoms with van der Waals surface area (Å²) in [5.41, 5.74) is 2.28. The van der Waals surface area contributed by atoms with Crippen LogP contribution in [0.3, 0.4) is 0 Å². The average molecular weight is 464 g/mol. The summed E-state index contributed by atoms with van der Waals surface area (Å²) in [5.74, 6) is -0.806. The van der Waals surface area contributed by atoms with Gasteiger partial charge in [0.15, 0.2) is 5.82 Å². The molecule has 1 N–H and O–H groups in total. The maximum Gasteiger partial charge on any atom is 0.336 e. The third-order valence-corrected chi connectivity index (χ3v) is 4.96. The van der Waals surface area contributed by atoms with Gasteiger partial charge < -0.3 is 14.8 Å². The predicted molar refractivity (Wildman–Crippen MR) is 123 cm³/mol. The van der Waals surface area contributed by atoms with E-state index in [-0.39, 0.29) is 24.3 Å². The number of carbonyl (C=O) groups excluding carboxylic acids is 1. The van der Waals surface area contributed by atoms with Gasteiger partial charge in [0.2, 0.25) is 0 Å². The van der Waals surface area contributed by atoms with Crippen LogP contribution in [0.25, 0.3) is 17.1 Å². The summed E-state index contributed by atoms with van der Waals surface area (Å²) in [4.78, 5) is 17.1. The number of hydrogen-bond donors (Lipinski definition) is 1. The van der Waals surface area contributed by atoms with Gasteiger partial charge in [-0.15, -0.1) is 5.10 Å². The van der Waals surface area contributed by atoms with Gasteiger partial charge in [-0.25, -0.2) is 13.5 Å². The van der Waals surface area contributed by atoms with Gasteiger partial charge in [0.05, 0.1) is 12.3 Å². The van der Waals surface area contributed by atoms with Crippen molar-refractivity contribution < 1.29 is 23.0 Å². The van der Waals surface area contributed by atoms with Crippen molar-refractivity contribution in [1.82, 2.24) is 14.8 Å². The molecule has 0 aliphatic heterocycles. The van der Waals surface area contributed by atoms with E-state index < -0.39 is 5.82 Å². The number of aromatic nitrogens is 3. The number of nitrogens with zero attached hydrogens (tertiary/aromatic N) is 3. The van der Waals surface area contributed by atoms with E-state index in [4.69, 9.17) is 9.47 Å². The van der Waals surface area contributed by atoms with Gasteiger partial charge in [-0.3, -0.25) is 4.79 Å². The smallest absolute Gasteiger partial charge is 0.336 e. The Morgan fingerprint density at radius 1 is 1.03 bits per heavy atom. The monoisotopic (exact) mass is 464 g/mol. The lowest BCUT2D eigenvalue weighted by Gasteiger charge is -2.10. The Kier molecular flexibility index (Phi) is 6.93. The van der Waals surface area contributed by atoms with E-state index in [1.165, 1.54) is 35.0 Å². The van der Waals surface area contributed by atoms with Crippen LogP contribution in [0, 0.1) is 18.6 Å². The number of aryl methyl sites for hydroxylation is 1. The molecule has 1 amide bonds. The second-order valence-electron chi connectivity index (χ2n) is 7.45. The lowest BCUT2D eigenvalue weighted by atomic mass is 10.1. The lowest BCUT2D eigenvalue weighted by molar-refractivity contribution is 0.102. The highest BCUT2D eigenvalue weighted by molar-refractivity contribution is 6.04. The zero-order valence-corrected chi connectivity index (χ0v) is 18.6. The molecule has 0 aliphatic rings. The van der Waals surface area contributed by atoms with Crippen molar-refractivity contribution in [3.8, 4) is 23.1 Å². The normalized spacial score (nSPS) is 10.8. The van der Waals surface area contributed by atoms with Crippen LogP contribution in [0.15, 0.2) is 66.7 Å². The number of ether oxygens (including phenoxy) is 2. The molecular formula is C25H22F2N4O3. The third kappa shape index (κ3) is 5.26. The summed E-state index contributed by atoms with van der Waals surface area (Å²) < 4.78 is 39.5. The van der Waals surface area contributed by atoms with E-state index in [2.05, 4.69) is 15.4 Å². The van der Waals surface area contributed by atoms with Crippen molar-refractivity contribution in [3.05, 3.63) is 89.5 Å². The first-order chi connectivity index (χ1) is 16.4. The Balaban J connectivity index is 1.66. The molecule has 0 aliphatic carbocycles. The first-order valence-electron chi connectivity index (χ1n) is 10.5. The highest BCUT2D eigenvalue weighted by Gasteiger charge is 2.16. The van der Waals surface area contributed by atoms with E-state index in [0.717, 1.165) is 0 Å². The number of rotatable bonds is 8. The largest absolute Gasteiger partial charge is 0.460 e. The van der Waals surface area contributed by atoms with E-state index in [0.29, 0.717) is 40.5 Å². The molecule has 0 saturated carbocycles. The summed E-state index contributed by atoms with van der Waals surface area (Å²) in [6.07, 6.45) is 0. The van der Waals surface area contributed by atoms with E-state index in [9.17, 15) is 13.6 Å². The number of hydrogen-bond acceptors (Lipinski definition) is 5. The fourth-order valence-corrected chi connectivity index (χ4v) is 3.27. The van der Waals surface area contributed by atoms with E-state index in [1.54, 1.807) is 50.4 Å². The zero-order chi connectivity index (χ0) is 24.1. The standard InChI is InChI=1S/C25H22F2N4O3/c1-16-13-18(9-10-22(16)27)24(32)28-20-7-4-8-21(15-20)31-23(17-5-3-6-19(26)14-17)29-25(30-31)34-12-11-33-2/h3-10,13-15H,11-12H2,1-2H3,(H,28,32). The summed E-state index contributed by atoms with van der Waals surface area (Å²) >= 11 is 0. The molecule has 9 heteroatoms. The van der Waals surface area contributed by atoms with Gasteiger partial charge in [0, 0.05) is 23.9 Å². The summed E-state index contributed by atoms with van der Waals surface area (Å²) in [6.45, 7) is 2.20. The van der Waals surface area contributed by atoms with Crippen molar-refractivity contribution in [2.75, 3.05) is 25.6 Å². The summed E-state index contributed by atoms with van der Waals surface area (Å²) in [7, 11) is 1.56. The Hall–Kier alpha value is -4.11. The van der Waals surface area contributed by atoms with Gasteiger partial charge in [-0.1, -0.05) is 18.2 Å². The lowest BCUT2D eigenvalue weighted by Crippen LogP contribution is -2.12. The molecule has 3 aromatic carbocycles. The fraction of sp³-hybridized carbons (Fsp3) is 0.160. The second kappa shape index (κ2) is 10.2. The Bertz CT molecular complexity index is 1320. The molecule has 4 aromatic rings. The van der Waals surface area contributed by atoms with Crippen LogP contribution in [0.2, 0.25) is 0 Å². The molecule has 0 atom stereocenters. The molecule has 0 fully saturated rings. The van der Waals surface area contributed by atoms with Crippen molar-refractivity contribution in [2.45, 2.75) is 6.92 Å². The van der Waals surface area contributed by atoms with E-state index in [1.807, 2.05) is 0 Å². The molecule has 0 radical (unpaired) electrons. The summed E-state index contributed by atoms with van der Waals surface area (Å²) in [5, 5.41) is 7.21. The Labute approximate surface area is 195 Å². The highest BCUT2D eigenvalue weighted by Crippen LogP contribution is 2.26. The quantitative estimate of drug-likeness (QED) is 0.379. The molecule has 7 nitrogen and oxygen atoms in total. The first kappa shape index (κ1) is 23.1. The zero-order valence-electron chi connectivity index (χ0n) is 18.6. The summed E-state index contributed by atoms with van der Waals surface area (Å²) in [6, 6.07) is 17.2. The van der Waals surface area contributed by atoms with Gasteiger partial charge in [-0.05, 0) is 61.0 Å². The molecule has 0 spiro atoms. The molecule has 0 unspecified atom stereocenters. The first-order valence-corrected chi connectivity index (χ1v) is 10.5. The predicted octanol–water partition coefficient (Wildman–Crippen LogP) is 4.80. The molecule has 174 valence electrons. The van der Waals surface area contributed by atoms with Crippen LogP contribution >= 0.6 is 0 Å². The molecule has 4 rings (SSSR count). The molecule has 1 heterocycles. The van der Waals surface area contributed by atoms with Gasteiger partial charge in [-0.2, -0.15) is 4.98 Å².